The Hall–Kier alpha value is -1.31. The first-order valence-corrected chi connectivity index (χ1v) is 6.24. The summed E-state index contributed by atoms with van der Waals surface area (Å²) in [5.41, 5.74) is 5.66. The monoisotopic (exact) mass is 259 g/mol. The molecule has 2 aromatic carbocycles. The van der Waals surface area contributed by atoms with Gasteiger partial charge in [0.05, 0.1) is 0 Å². The van der Waals surface area contributed by atoms with Gasteiger partial charge in [-0.05, 0) is 35.6 Å². The van der Waals surface area contributed by atoms with E-state index in [1.807, 2.05) is 0 Å². The van der Waals surface area contributed by atoms with Crippen LogP contribution in [0.5, 0.6) is 0 Å². The molecule has 0 aromatic heterocycles. The number of nitrogens with one attached hydrogen (secondary N) is 1. The van der Waals surface area contributed by atoms with Crippen LogP contribution in [0.3, 0.4) is 0 Å². The predicted octanol–water partition coefficient (Wildman–Crippen LogP) is 3.81. The summed E-state index contributed by atoms with van der Waals surface area (Å²) in [4.78, 5) is 0. The van der Waals surface area contributed by atoms with Crippen LogP contribution in [0, 0.1) is 0 Å². The fourth-order valence-corrected chi connectivity index (χ4v) is 2.60. The minimum atomic E-state index is 0. The highest BCUT2D eigenvalue weighted by molar-refractivity contribution is 5.85. The smallest absolute Gasteiger partial charge is 0.0217 e. The second-order valence-corrected chi connectivity index (χ2v) is 4.80. The molecular formula is C16H18ClN. The standard InChI is InChI=1S/C16H17N.ClH/c1-12-10-14-8-5-9-15(16(14)11-17-12)13-6-3-2-4-7-13;/h2-9,12,17H,10-11H2,1H3;1H. The van der Waals surface area contributed by atoms with Crippen LogP contribution in [-0.4, -0.2) is 6.04 Å². The van der Waals surface area contributed by atoms with Crippen LogP contribution in [0.1, 0.15) is 18.1 Å². The van der Waals surface area contributed by atoms with Gasteiger partial charge in [0.25, 0.3) is 0 Å². The fourth-order valence-electron chi connectivity index (χ4n) is 2.60. The molecule has 1 aliphatic heterocycles. The molecule has 2 heteroatoms. The lowest BCUT2D eigenvalue weighted by atomic mass is 9.90. The quantitative estimate of drug-likeness (QED) is 0.821. The van der Waals surface area contributed by atoms with E-state index in [1.165, 1.54) is 22.3 Å². The topological polar surface area (TPSA) is 12.0 Å². The third kappa shape index (κ3) is 2.43. The van der Waals surface area contributed by atoms with Gasteiger partial charge in [-0.25, -0.2) is 0 Å². The summed E-state index contributed by atoms with van der Waals surface area (Å²) in [5, 5.41) is 3.55. The second-order valence-electron chi connectivity index (χ2n) is 4.80. The van der Waals surface area contributed by atoms with Gasteiger partial charge in [-0.15, -0.1) is 12.4 Å². The first-order chi connectivity index (χ1) is 8.34. The van der Waals surface area contributed by atoms with Crippen LogP contribution in [0.4, 0.5) is 0 Å². The highest BCUT2D eigenvalue weighted by atomic mass is 35.5. The Bertz CT molecular complexity index is 522. The Morgan fingerprint density at radius 2 is 1.78 bits per heavy atom. The van der Waals surface area contributed by atoms with Gasteiger partial charge in [0.2, 0.25) is 0 Å². The molecule has 3 rings (SSSR count). The largest absolute Gasteiger partial charge is 0.310 e. The Kier molecular flexibility index (Phi) is 4.05. The summed E-state index contributed by atoms with van der Waals surface area (Å²) in [6.07, 6.45) is 1.13. The second kappa shape index (κ2) is 5.55. The summed E-state index contributed by atoms with van der Waals surface area (Å²) in [6, 6.07) is 17.9. The molecule has 18 heavy (non-hydrogen) atoms. The Morgan fingerprint density at radius 1 is 1.00 bits per heavy atom. The van der Waals surface area contributed by atoms with Crippen LogP contribution in [0.15, 0.2) is 48.5 Å². The van der Waals surface area contributed by atoms with Crippen LogP contribution < -0.4 is 5.32 Å². The number of benzene rings is 2. The first kappa shape index (κ1) is 13.1. The first-order valence-electron chi connectivity index (χ1n) is 6.24. The number of rotatable bonds is 1. The average Bonchev–Trinajstić information content (AvgIpc) is 2.39. The van der Waals surface area contributed by atoms with Crippen molar-refractivity contribution >= 4 is 12.4 Å². The number of hydrogen-bond donors (Lipinski definition) is 1. The lowest BCUT2D eigenvalue weighted by Crippen LogP contribution is -2.33. The molecule has 0 saturated carbocycles. The molecule has 0 fully saturated rings. The molecule has 0 aliphatic carbocycles. The highest BCUT2D eigenvalue weighted by Crippen LogP contribution is 2.28. The van der Waals surface area contributed by atoms with Gasteiger partial charge in [-0.3, -0.25) is 0 Å². The molecular weight excluding hydrogens is 242 g/mol. The Morgan fingerprint density at radius 3 is 2.56 bits per heavy atom. The minimum Gasteiger partial charge on any atom is -0.310 e. The summed E-state index contributed by atoms with van der Waals surface area (Å²) >= 11 is 0. The van der Waals surface area contributed by atoms with E-state index >= 15 is 0 Å². The van der Waals surface area contributed by atoms with E-state index in [1.54, 1.807) is 0 Å². The predicted molar refractivity (Wildman–Crippen MR) is 79.1 cm³/mol. The zero-order valence-electron chi connectivity index (χ0n) is 10.5. The lowest BCUT2D eigenvalue weighted by molar-refractivity contribution is 0.514. The van der Waals surface area contributed by atoms with E-state index in [2.05, 4.69) is 60.8 Å². The molecule has 0 saturated heterocycles. The van der Waals surface area contributed by atoms with Crippen LogP contribution in [0.2, 0.25) is 0 Å². The van der Waals surface area contributed by atoms with Gasteiger partial charge in [0, 0.05) is 12.6 Å². The van der Waals surface area contributed by atoms with Crippen LogP contribution >= 0.6 is 12.4 Å². The van der Waals surface area contributed by atoms with E-state index in [0.29, 0.717) is 6.04 Å². The minimum absolute atomic E-state index is 0. The molecule has 1 aliphatic rings. The molecule has 2 aromatic rings. The summed E-state index contributed by atoms with van der Waals surface area (Å²) < 4.78 is 0. The Balaban J connectivity index is 0.00000120. The van der Waals surface area contributed by atoms with Crippen LogP contribution in [-0.2, 0) is 13.0 Å². The molecule has 0 bridgehead atoms. The van der Waals surface area contributed by atoms with E-state index in [9.17, 15) is 0 Å². The maximum absolute atomic E-state index is 3.55. The summed E-state index contributed by atoms with van der Waals surface area (Å²) in [5.74, 6) is 0. The van der Waals surface area contributed by atoms with Gasteiger partial charge >= 0.3 is 0 Å². The van der Waals surface area contributed by atoms with Crippen molar-refractivity contribution in [2.45, 2.75) is 25.9 Å². The number of halogens is 1. The zero-order valence-corrected chi connectivity index (χ0v) is 11.3. The van der Waals surface area contributed by atoms with Crippen molar-refractivity contribution in [2.75, 3.05) is 0 Å². The van der Waals surface area contributed by atoms with E-state index in [4.69, 9.17) is 0 Å². The van der Waals surface area contributed by atoms with Gasteiger partial charge in [0.15, 0.2) is 0 Å². The molecule has 1 atom stereocenters. The highest BCUT2D eigenvalue weighted by Gasteiger charge is 2.17. The van der Waals surface area contributed by atoms with E-state index < -0.39 is 0 Å². The van der Waals surface area contributed by atoms with Crippen LogP contribution in [0.25, 0.3) is 11.1 Å². The SMILES string of the molecule is CC1Cc2cccc(-c3ccccc3)c2CN1.Cl. The molecule has 0 amide bonds. The molecule has 1 nitrogen and oxygen atoms in total. The van der Waals surface area contributed by atoms with Gasteiger partial charge < -0.3 is 5.32 Å². The molecule has 94 valence electrons. The van der Waals surface area contributed by atoms with Crippen molar-refractivity contribution in [3.63, 3.8) is 0 Å². The maximum atomic E-state index is 3.55. The summed E-state index contributed by atoms with van der Waals surface area (Å²) in [6.45, 7) is 3.24. The molecule has 0 spiro atoms. The van der Waals surface area contributed by atoms with Gasteiger partial charge in [-0.2, -0.15) is 0 Å². The van der Waals surface area contributed by atoms with Crippen molar-refractivity contribution in [2.24, 2.45) is 0 Å². The fraction of sp³-hybridized carbons (Fsp3) is 0.250. The van der Waals surface area contributed by atoms with Crippen molar-refractivity contribution in [3.8, 4) is 11.1 Å². The molecule has 1 unspecified atom stereocenters. The number of hydrogen-bond acceptors (Lipinski definition) is 1. The molecule has 1 heterocycles. The third-order valence-corrected chi connectivity index (χ3v) is 3.51. The van der Waals surface area contributed by atoms with Crippen molar-refractivity contribution in [1.82, 2.24) is 5.32 Å². The number of fused-ring (bicyclic) bond motifs is 1. The molecule has 1 N–H and O–H groups in total. The third-order valence-electron chi connectivity index (χ3n) is 3.51. The van der Waals surface area contributed by atoms with Gasteiger partial charge in [-0.1, -0.05) is 48.5 Å². The molecule has 0 radical (unpaired) electrons. The van der Waals surface area contributed by atoms with Crippen molar-refractivity contribution < 1.29 is 0 Å². The van der Waals surface area contributed by atoms with E-state index in [0.717, 1.165) is 13.0 Å². The zero-order chi connectivity index (χ0) is 11.7. The van der Waals surface area contributed by atoms with Crippen molar-refractivity contribution in [3.05, 3.63) is 59.7 Å². The Labute approximate surface area is 115 Å². The lowest BCUT2D eigenvalue weighted by Gasteiger charge is -2.25. The van der Waals surface area contributed by atoms with Gasteiger partial charge in [0.1, 0.15) is 0 Å². The summed E-state index contributed by atoms with van der Waals surface area (Å²) in [7, 11) is 0. The average molecular weight is 260 g/mol. The van der Waals surface area contributed by atoms with Crippen molar-refractivity contribution in [1.29, 1.82) is 0 Å². The maximum Gasteiger partial charge on any atom is 0.0217 e. The van der Waals surface area contributed by atoms with E-state index in [-0.39, 0.29) is 12.4 Å². The normalized spacial score (nSPS) is 17.7.